The molecule has 0 saturated heterocycles. The van der Waals surface area contributed by atoms with Gasteiger partial charge in [0.2, 0.25) is 10.0 Å². The molecule has 0 atom stereocenters. The van der Waals surface area contributed by atoms with Crippen LogP contribution in [-0.4, -0.2) is 20.6 Å². The number of primary sulfonamides is 1. The van der Waals surface area contributed by atoms with E-state index in [0.717, 1.165) is 6.07 Å². The quantitative estimate of drug-likeness (QED) is 0.592. The molecule has 0 aliphatic rings. The first-order chi connectivity index (χ1) is 5.95. The van der Waals surface area contributed by atoms with Crippen molar-refractivity contribution in [3.05, 3.63) is 18.2 Å². The van der Waals surface area contributed by atoms with Gasteiger partial charge in [0.05, 0.1) is 10.6 Å². The Morgan fingerprint density at radius 3 is 2.46 bits per heavy atom. The summed E-state index contributed by atoms with van der Waals surface area (Å²) in [6, 6.07) is 3.86. The molecule has 0 amide bonds. The number of benzene rings is 1. The predicted octanol–water partition coefficient (Wildman–Crippen LogP) is 0.0813. The molecule has 5 nitrogen and oxygen atoms in total. The number of sulfonamides is 1. The lowest BCUT2D eigenvalue weighted by Crippen LogP contribution is -2.11. The summed E-state index contributed by atoms with van der Waals surface area (Å²) in [5, 5.41) is 16.8. The van der Waals surface area contributed by atoms with Crippen LogP contribution in [0.2, 0.25) is 0 Å². The third-order valence-corrected chi connectivity index (χ3v) is 2.48. The van der Waals surface area contributed by atoms with Gasteiger partial charge in [-0.05, 0) is 12.1 Å². The van der Waals surface area contributed by atoms with Crippen LogP contribution in [0.3, 0.4) is 0 Å². The highest BCUT2D eigenvalue weighted by Gasteiger charge is 2.09. The lowest BCUT2D eigenvalue weighted by molar-refractivity contribution is 0.475. The average molecular weight is 202 g/mol. The Morgan fingerprint density at radius 1 is 1.46 bits per heavy atom. The first-order valence-corrected chi connectivity index (χ1v) is 5.03. The van der Waals surface area contributed by atoms with Crippen LogP contribution in [0.4, 0.5) is 5.69 Å². The Labute approximate surface area is 76.2 Å². The third kappa shape index (κ3) is 2.10. The van der Waals surface area contributed by atoms with Crippen molar-refractivity contribution in [2.45, 2.75) is 4.90 Å². The Kier molecular flexibility index (Phi) is 2.44. The number of nitrogens with one attached hydrogen (secondary N) is 1. The molecule has 0 heterocycles. The number of hydrogen-bond acceptors (Lipinski definition) is 4. The third-order valence-electron chi connectivity index (χ3n) is 1.57. The van der Waals surface area contributed by atoms with Crippen molar-refractivity contribution in [2.24, 2.45) is 5.14 Å². The number of phenolic OH excluding ortho intramolecular Hbond substituents is 1. The predicted molar refractivity (Wildman–Crippen MR) is 49.0 cm³/mol. The molecule has 13 heavy (non-hydrogen) atoms. The fourth-order valence-corrected chi connectivity index (χ4v) is 1.43. The maximum absolute atomic E-state index is 10.8. The molecule has 0 spiro atoms. The summed E-state index contributed by atoms with van der Waals surface area (Å²) >= 11 is 0. The van der Waals surface area contributed by atoms with Gasteiger partial charge < -0.3 is 10.4 Å². The van der Waals surface area contributed by atoms with Crippen molar-refractivity contribution in [3.8, 4) is 5.75 Å². The first kappa shape index (κ1) is 9.82. The molecule has 1 aromatic rings. The van der Waals surface area contributed by atoms with E-state index in [1.165, 1.54) is 12.1 Å². The van der Waals surface area contributed by atoms with Crippen molar-refractivity contribution >= 4 is 15.7 Å². The smallest absolute Gasteiger partial charge is 0.238 e. The van der Waals surface area contributed by atoms with Gasteiger partial charge in [0.15, 0.2) is 0 Å². The Hall–Kier alpha value is -1.27. The fourth-order valence-electron chi connectivity index (χ4n) is 0.900. The molecule has 0 fully saturated rings. The van der Waals surface area contributed by atoms with E-state index in [9.17, 15) is 13.5 Å². The molecule has 0 unspecified atom stereocenters. The van der Waals surface area contributed by atoms with Crippen LogP contribution in [0.25, 0.3) is 0 Å². The lowest BCUT2D eigenvalue weighted by Gasteiger charge is -2.04. The summed E-state index contributed by atoms with van der Waals surface area (Å²) in [6.07, 6.45) is 0. The minimum Gasteiger partial charge on any atom is -0.506 e. The van der Waals surface area contributed by atoms with Gasteiger partial charge in [-0.2, -0.15) is 0 Å². The molecule has 0 saturated carbocycles. The van der Waals surface area contributed by atoms with Crippen molar-refractivity contribution in [2.75, 3.05) is 12.4 Å². The molecule has 0 aromatic heterocycles. The molecule has 1 aromatic carbocycles. The number of hydrogen-bond donors (Lipinski definition) is 3. The van der Waals surface area contributed by atoms with Crippen molar-refractivity contribution in [1.82, 2.24) is 0 Å². The van der Waals surface area contributed by atoms with E-state index < -0.39 is 10.0 Å². The van der Waals surface area contributed by atoms with E-state index >= 15 is 0 Å². The first-order valence-electron chi connectivity index (χ1n) is 3.48. The molecule has 0 radical (unpaired) electrons. The zero-order chi connectivity index (χ0) is 10.1. The fraction of sp³-hybridized carbons (Fsp3) is 0.143. The summed E-state index contributed by atoms with van der Waals surface area (Å²) in [4.78, 5) is -0.107. The highest BCUT2D eigenvalue weighted by Crippen LogP contribution is 2.24. The van der Waals surface area contributed by atoms with E-state index in [1.807, 2.05) is 0 Å². The van der Waals surface area contributed by atoms with Gasteiger partial charge in [0.25, 0.3) is 0 Å². The second-order valence-corrected chi connectivity index (χ2v) is 4.04. The number of nitrogens with two attached hydrogens (primary N) is 1. The zero-order valence-electron chi connectivity index (χ0n) is 6.98. The van der Waals surface area contributed by atoms with Gasteiger partial charge in [0, 0.05) is 13.1 Å². The summed E-state index contributed by atoms with van der Waals surface area (Å²) in [5.74, 6) is -0.144. The highest BCUT2D eigenvalue weighted by atomic mass is 32.2. The summed E-state index contributed by atoms with van der Waals surface area (Å²) in [7, 11) is -2.12. The number of aromatic hydroxyl groups is 1. The van der Waals surface area contributed by atoms with Gasteiger partial charge in [-0.3, -0.25) is 0 Å². The summed E-state index contributed by atoms with van der Waals surface area (Å²) in [6.45, 7) is 0. The molecule has 1 rings (SSSR count). The second-order valence-electron chi connectivity index (χ2n) is 2.47. The molecule has 6 heteroatoms. The molecular weight excluding hydrogens is 192 g/mol. The van der Waals surface area contributed by atoms with E-state index in [-0.39, 0.29) is 10.6 Å². The normalized spacial score (nSPS) is 11.2. The average Bonchev–Trinajstić information content (AvgIpc) is 2.02. The molecular formula is C7H10N2O3S. The molecule has 4 N–H and O–H groups in total. The Bertz CT molecular complexity index is 414. The van der Waals surface area contributed by atoms with Crippen LogP contribution in [0, 0.1) is 0 Å². The summed E-state index contributed by atoms with van der Waals surface area (Å²) < 4.78 is 21.7. The molecule has 0 bridgehead atoms. The largest absolute Gasteiger partial charge is 0.506 e. The van der Waals surface area contributed by atoms with Crippen LogP contribution in [0.15, 0.2) is 23.1 Å². The number of rotatable bonds is 2. The van der Waals surface area contributed by atoms with E-state index in [4.69, 9.17) is 5.14 Å². The van der Waals surface area contributed by atoms with Crippen LogP contribution in [-0.2, 0) is 10.0 Å². The standard InChI is InChI=1S/C7H10N2O3S/c1-9-6-3-2-5(4-7(6)10)13(8,11)12/h2-4,9-10H,1H3,(H2,8,11,12). The zero-order valence-corrected chi connectivity index (χ0v) is 7.80. The van der Waals surface area contributed by atoms with Gasteiger partial charge in [-0.1, -0.05) is 0 Å². The van der Waals surface area contributed by atoms with Crippen LogP contribution < -0.4 is 10.5 Å². The summed E-state index contributed by atoms with van der Waals surface area (Å²) in [5.41, 5.74) is 0.451. The molecule has 72 valence electrons. The van der Waals surface area contributed by atoms with Gasteiger partial charge in [-0.15, -0.1) is 0 Å². The number of phenols is 1. The maximum Gasteiger partial charge on any atom is 0.238 e. The highest BCUT2D eigenvalue weighted by molar-refractivity contribution is 7.89. The van der Waals surface area contributed by atoms with E-state index in [0.29, 0.717) is 5.69 Å². The van der Waals surface area contributed by atoms with Gasteiger partial charge in [0.1, 0.15) is 5.75 Å². The monoisotopic (exact) mass is 202 g/mol. The van der Waals surface area contributed by atoms with Crippen LogP contribution in [0.5, 0.6) is 5.75 Å². The number of anilines is 1. The minimum absolute atomic E-state index is 0.107. The van der Waals surface area contributed by atoms with Crippen molar-refractivity contribution in [3.63, 3.8) is 0 Å². The van der Waals surface area contributed by atoms with Crippen molar-refractivity contribution in [1.29, 1.82) is 0 Å². The van der Waals surface area contributed by atoms with Gasteiger partial charge in [-0.25, -0.2) is 13.6 Å². The lowest BCUT2D eigenvalue weighted by atomic mass is 10.3. The van der Waals surface area contributed by atoms with E-state index in [2.05, 4.69) is 5.32 Å². The Balaban J connectivity index is 3.26. The SMILES string of the molecule is CNc1ccc(S(N)(=O)=O)cc1O. The van der Waals surface area contributed by atoms with Crippen LogP contribution >= 0.6 is 0 Å². The molecule has 0 aliphatic heterocycles. The van der Waals surface area contributed by atoms with Crippen LogP contribution in [0.1, 0.15) is 0 Å². The Morgan fingerprint density at radius 2 is 2.08 bits per heavy atom. The van der Waals surface area contributed by atoms with E-state index in [1.54, 1.807) is 7.05 Å². The minimum atomic E-state index is -3.74. The maximum atomic E-state index is 10.8. The topological polar surface area (TPSA) is 92.4 Å². The molecule has 0 aliphatic carbocycles. The van der Waals surface area contributed by atoms with Gasteiger partial charge >= 0.3 is 0 Å². The van der Waals surface area contributed by atoms with Crippen molar-refractivity contribution < 1.29 is 13.5 Å². The second kappa shape index (κ2) is 3.23.